The first-order valence-corrected chi connectivity index (χ1v) is 9.28. The summed E-state index contributed by atoms with van der Waals surface area (Å²) in [6.07, 6.45) is 0. The highest BCUT2D eigenvalue weighted by molar-refractivity contribution is 9.10. The number of benzene rings is 1. The van der Waals surface area contributed by atoms with E-state index in [4.69, 9.17) is 28.9 Å². The van der Waals surface area contributed by atoms with Crippen LogP contribution in [0.3, 0.4) is 0 Å². The minimum Gasteiger partial charge on any atom is -0.363 e. The molecule has 3 rings (SSSR count). The topological polar surface area (TPSA) is 122 Å². The number of fused-ring (bicyclic) bond motifs is 1. The Labute approximate surface area is 175 Å². The van der Waals surface area contributed by atoms with Crippen molar-refractivity contribution >= 4 is 62.0 Å². The van der Waals surface area contributed by atoms with Crippen LogP contribution in [0.1, 0.15) is 5.56 Å². The van der Waals surface area contributed by atoms with Crippen LogP contribution >= 0.6 is 39.1 Å². The number of hydrogen-bond acceptors (Lipinski definition) is 5. The molecule has 0 atom stereocenters. The molecule has 0 unspecified atom stereocenters. The molecule has 0 fully saturated rings. The lowest BCUT2D eigenvalue weighted by molar-refractivity contribution is -0.136. The van der Waals surface area contributed by atoms with Crippen molar-refractivity contribution in [2.45, 2.75) is 13.1 Å². The summed E-state index contributed by atoms with van der Waals surface area (Å²) in [7, 11) is 1.44. The Kier molecular flexibility index (Phi) is 5.46. The fourth-order valence-corrected chi connectivity index (χ4v) is 3.46. The molecule has 0 radical (unpaired) electrons. The molecule has 2 N–H and O–H groups in total. The number of hydrogen-bond donors (Lipinski definition) is 1. The van der Waals surface area contributed by atoms with E-state index in [9.17, 15) is 19.2 Å². The van der Waals surface area contributed by atoms with E-state index in [0.717, 1.165) is 4.57 Å². The van der Waals surface area contributed by atoms with Crippen LogP contribution < -0.4 is 17.0 Å². The lowest BCUT2D eigenvalue weighted by Gasteiger charge is -2.10. The third-order valence-corrected chi connectivity index (χ3v) is 5.43. The van der Waals surface area contributed by atoms with E-state index in [1.165, 1.54) is 16.2 Å². The highest BCUT2D eigenvalue weighted by Gasteiger charge is 2.22. The van der Waals surface area contributed by atoms with Crippen molar-refractivity contribution in [1.82, 2.24) is 18.7 Å². The number of Topliss-reactive ketones (excluding diaryl/α,β-unsaturated/α-hetero) is 1. The average Bonchev–Trinajstić information content (AvgIpc) is 2.96. The number of halogens is 3. The fraction of sp³-hybridized carbons (Fsp3) is 0.188. The zero-order chi connectivity index (χ0) is 20.7. The third kappa shape index (κ3) is 3.50. The molecule has 28 heavy (non-hydrogen) atoms. The molecule has 0 aliphatic heterocycles. The fourth-order valence-electron chi connectivity index (χ4n) is 2.67. The van der Waals surface area contributed by atoms with E-state index in [-0.39, 0.29) is 27.5 Å². The predicted molar refractivity (Wildman–Crippen MR) is 107 cm³/mol. The summed E-state index contributed by atoms with van der Waals surface area (Å²) in [6, 6.07) is 4.73. The summed E-state index contributed by atoms with van der Waals surface area (Å²) in [5.74, 6) is -2.06. The first kappa shape index (κ1) is 20.3. The summed E-state index contributed by atoms with van der Waals surface area (Å²) in [4.78, 5) is 52.7. The van der Waals surface area contributed by atoms with E-state index >= 15 is 0 Å². The van der Waals surface area contributed by atoms with Crippen molar-refractivity contribution in [3.63, 3.8) is 0 Å². The Bertz CT molecular complexity index is 1260. The van der Waals surface area contributed by atoms with Crippen LogP contribution in [0, 0.1) is 0 Å². The van der Waals surface area contributed by atoms with Gasteiger partial charge in [0.15, 0.2) is 15.9 Å². The van der Waals surface area contributed by atoms with E-state index < -0.39 is 29.5 Å². The molecule has 1 aromatic carbocycles. The van der Waals surface area contributed by atoms with Crippen LogP contribution in [0.4, 0.5) is 0 Å². The number of rotatable bonds is 5. The van der Waals surface area contributed by atoms with Crippen molar-refractivity contribution in [3.8, 4) is 0 Å². The van der Waals surface area contributed by atoms with E-state index in [1.807, 2.05) is 0 Å². The van der Waals surface area contributed by atoms with Crippen molar-refractivity contribution in [1.29, 1.82) is 0 Å². The maximum absolute atomic E-state index is 13.0. The number of carbonyl (C=O) groups is 2. The molecular weight excluding hydrogens is 477 g/mol. The van der Waals surface area contributed by atoms with Gasteiger partial charge in [-0.2, -0.15) is 0 Å². The number of amides is 1. The smallest absolute Gasteiger partial charge is 0.332 e. The van der Waals surface area contributed by atoms with Crippen molar-refractivity contribution < 1.29 is 9.59 Å². The molecule has 12 heteroatoms. The molecular formula is C16H12BrCl2N5O4. The van der Waals surface area contributed by atoms with Crippen LogP contribution in [-0.4, -0.2) is 30.4 Å². The zero-order valence-corrected chi connectivity index (χ0v) is 17.4. The van der Waals surface area contributed by atoms with Crippen LogP contribution in [0.5, 0.6) is 0 Å². The molecule has 3 aromatic rings. The van der Waals surface area contributed by atoms with E-state index in [2.05, 4.69) is 20.9 Å². The molecule has 9 nitrogen and oxygen atoms in total. The Morgan fingerprint density at radius 2 is 1.86 bits per heavy atom. The van der Waals surface area contributed by atoms with Gasteiger partial charge in [0.2, 0.25) is 5.78 Å². The van der Waals surface area contributed by atoms with Gasteiger partial charge in [0.25, 0.3) is 11.5 Å². The number of aryl methyl sites for hydroxylation is 1. The molecule has 2 aromatic heterocycles. The molecule has 0 saturated carbocycles. The largest absolute Gasteiger partial charge is 0.363 e. The second-order valence-electron chi connectivity index (χ2n) is 5.91. The SMILES string of the molecule is Cn1c(=O)n(Cc2ccc(Cl)c(Cl)c2)c(=O)c2c1nc(Br)n2CC(=O)C(N)=O. The van der Waals surface area contributed by atoms with Gasteiger partial charge in [-0.05, 0) is 33.6 Å². The highest BCUT2D eigenvalue weighted by Crippen LogP contribution is 2.23. The van der Waals surface area contributed by atoms with Crippen molar-refractivity contribution in [2.75, 3.05) is 0 Å². The summed E-state index contributed by atoms with van der Waals surface area (Å²) in [5.41, 5.74) is 4.32. The number of imidazole rings is 1. The number of carbonyl (C=O) groups excluding carboxylic acids is 2. The molecule has 0 spiro atoms. The third-order valence-electron chi connectivity index (χ3n) is 4.09. The molecule has 146 valence electrons. The van der Waals surface area contributed by atoms with Gasteiger partial charge < -0.3 is 10.3 Å². The van der Waals surface area contributed by atoms with E-state index in [1.54, 1.807) is 18.2 Å². The molecule has 0 aliphatic rings. The van der Waals surface area contributed by atoms with Crippen LogP contribution in [0.2, 0.25) is 10.0 Å². The van der Waals surface area contributed by atoms with Gasteiger partial charge in [0, 0.05) is 7.05 Å². The summed E-state index contributed by atoms with van der Waals surface area (Å²) in [5, 5.41) is 0.623. The maximum Gasteiger partial charge on any atom is 0.332 e. The number of ketones is 1. The Morgan fingerprint density at radius 3 is 2.46 bits per heavy atom. The molecule has 1 amide bonds. The van der Waals surface area contributed by atoms with Gasteiger partial charge >= 0.3 is 5.69 Å². The number of nitrogens with two attached hydrogens (primary N) is 1. The van der Waals surface area contributed by atoms with E-state index in [0.29, 0.717) is 10.6 Å². The van der Waals surface area contributed by atoms with Gasteiger partial charge in [0.05, 0.1) is 23.1 Å². The number of nitrogens with zero attached hydrogens (tertiary/aromatic N) is 4. The average molecular weight is 489 g/mol. The monoisotopic (exact) mass is 487 g/mol. The Hall–Kier alpha value is -2.43. The van der Waals surface area contributed by atoms with Gasteiger partial charge in [-0.3, -0.25) is 23.5 Å². The molecule has 0 aliphatic carbocycles. The predicted octanol–water partition coefficient (Wildman–Crippen LogP) is 1.07. The minimum atomic E-state index is -1.14. The zero-order valence-electron chi connectivity index (χ0n) is 14.3. The summed E-state index contributed by atoms with van der Waals surface area (Å²) >= 11 is 15.0. The lowest BCUT2D eigenvalue weighted by Crippen LogP contribution is -2.40. The van der Waals surface area contributed by atoms with Crippen molar-refractivity contribution in [2.24, 2.45) is 12.8 Å². The molecule has 0 saturated heterocycles. The first-order chi connectivity index (χ1) is 13.1. The second kappa shape index (κ2) is 7.53. The maximum atomic E-state index is 13.0. The highest BCUT2D eigenvalue weighted by atomic mass is 79.9. The van der Waals surface area contributed by atoms with Gasteiger partial charge in [-0.25, -0.2) is 9.78 Å². The summed E-state index contributed by atoms with van der Waals surface area (Å²) in [6.45, 7) is -0.572. The summed E-state index contributed by atoms with van der Waals surface area (Å²) < 4.78 is 3.44. The van der Waals surface area contributed by atoms with Crippen molar-refractivity contribution in [3.05, 3.63) is 59.4 Å². The van der Waals surface area contributed by atoms with Gasteiger partial charge in [-0.15, -0.1) is 0 Å². The first-order valence-electron chi connectivity index (χ1n) is 7.74. The Balaban J connectivity index is 2.22. The van der Waals surface area contributed by atoms with Gasteiger partial charge in [0.1, 0.15) is 0 Å². The van der Waals surface area contributed by atoms with Gasteiger partial charge in [-0.1, -0.05) is 29.3 Å². The van der Waals surface area contributed by atoms with Crippen LogP contribution in [0.15, 0.2) is 32.5 Å². The molecule has 2 heterocycles. The minimum absolute atomic E-state index is 0.0244. The standard InChI is InChI=1S/C16H12BrCl2N5O4/c1-22-13-11(23(15(17)21-13)6-10(25)12(20)26)14(27)24(16(22)28)5-7-2-3-8(18)9(19)4-7/h2-4H,5-6H2,1H3,(H2,20,26). The van der Waals surface area contributed by atoms with Crippen LogP contribution in [-0.2, 0) is 29.7 Å². The second-order valence-corrected chi connectivity index (χ2v) is 7.43. The lowest BCUT2D eigenvalue weighted by atomic mass is 10.2. The number of primary amides is 1. The number of aromatic nitrogens is 4. The normalized spacial score (nSPS) is 11.1. The molecule has 0 bridgehead atoms. The quantitative estimate of drug-likeness (QED) is 0.425. The van der Waals surface area contributed by atoms with Crippen LogP contribution in [0.25, 0.3) is 11.2 Å². The Morgan fingerprint density at radius 1 is 1.18 bits per heavy atom.